The third kappa shape index (κ3) is 5.36. The lowest BCUT2D eigenvalue weighted by Crippen LogP contribution is -2.15. The summed E-state index contributed by atoms with van der Waals surface area (Å²) in [5.74, 6) is -0.800. The SMILES string of the molecule is O=C(CSc1nnc(COc2ccc3ccccc3c2)n1-c1ccccc1)Nc1ccc(F)cc1F. The first-order valence-corrected chi connectivity index (χ1v) is 12.0. The van der Waals surface area contributed by atoms with Gasteiger partial charge in [0.1, 0.15) is 24.0 Å². The van der Waals surface area contributed by atoms with Crippen molar-refractivity contribution in [2.45, 2.75) is 11.8 Å². The second-order valence-electron chi connectivity index (χ2n) is 7.83. The summed E-state index contributed by atoms with van der Waals surface area (Å²) < 4.78 is 34.8. The topological polar surface area (TPSA) is 69.0 Å². The van der Waals surface area contributed by atoms with Crippen LogP contribution in [-0.4, -0.2) is 26.4 Å². The summed E-state index contributed by atoms with van der Waals surface area (Å²) in [6, 6.07) is 26.4. The number of benzene rings is 4. The molecule has 1 aromatic heterocycles. The van der Waals surface area contributed by atoms with E-state index < -0.39 is 17.5 Å². The van der Waals surface area contributed by atoms with Gasteiger partial charge < -0.3 is 10.1 Å². The summed E-state index contributed by atoms with van der Waals surface area (Å²) in [6.07, 6.45) is 0. The van der Waals surface area contributed by atoms with Crippen LogP contribution in [-0.2, 0) is 11.4 Å². The Balaban J connectivity index is 1.32. The number of halogens is 2. The third-order valence-corrected chi connectivity index (χ3v) is 6.27. The van der Waals surface area contributed by atoms with E-state index in [0.29, 0.717) is 16.7 Å². The Labute approximate surface area is 209 Å². The molecule has 0 bridgehead atoms. The molecule has 4 aromatic carbocycles. The molecular weight excluding hydrogens is 482 g/mol. The van der Waals surface area contributed by atoms with Crippen LogP contribution in [0.2, 0.25) is 0 Å². The smallest absolute Gasteiger partial charge is 0.234 e. The minimum atomic E-state index is -0.839. The highest BCUT2D eigenvalue weighted by Crippen LogP contribution is 2.25. The molecule has 0 fully saturated rings. The van der Waals surface area contributed by atoms with E-state index in [4.69, 9.17) is 4.74 Å². The number of anilines is 1. The number of carbonyl (C=O) groups excluding carboxylic acids is 1. The zero-order valence-corrected chi connectivity index (χ0v) is 19.7. The maximum Gasteiger partial charge on any atom is 0.234 e. The minimum absolute atomic E-state index is 0.0483. The molecule has 1 N–H and O–H groups in total. The number of nitrogens with zero attached hydrogens (tertiary/aromatic N) is 3. The van der Waals surface area contributed by atoms with Gasteiger partial charge in [-0.1, -0.05) is 60.3 Å². The van der Waals surface area contributed by atoms with Gasteiger partial charge in [0.15, 0.2) is 11.0 Å². The van der Waals surface area contributed by atoms with E-state index in [1.165, 1.54) is 6.07 Å². The van der Waals surface area contributed by atoms with Crippen molar-refractivity contribution in [3.63, 3.8) is 0 Å². The highest BCUT2D eigenvalue weighted by Gasteiger charge is 2.17. The fraction of sp³-hybridized carbons (Fsp3) is 0.0741. The lowest BCUT2D eigenvalue weighted by molar-refractivity contribution is -0.113. The molecule has 0 aliphatic carbocycles. The van der Waals surface area contributed by atoms with Gasteiger partial charge in [0.2, 0.25) is 5.91 Å². The molecule has 6 nitrogen and oxygen atoms in total. The van der Waals surface area contributed by atoms with Crippen LogP contribution in [0.25, 0.3) is 16.5 Å². The molecule has 180 valence electrons. The Kier molecular flexibility index (Phi) is 6.90. The first kappa shape index (κ1) is 23.5. The Hall–Kier alpha value is -4.24. The molecule has 0 radical (unpaired) electrons. The molecule has 36 heavy (non-hydrogen) atoms. The lowest BCUT2D eigenvalue weighted by atomic mass is 10.1. The number of nitrogens with one attached hydrogen (secondary N) is 1. The van der Waals surface area contributed by atoms with Crippen LogP contribution in [0.4, 0.5) is 14.5 Å². The van der Waals surface area contributed by atoms with Crippen molar-refractivity contribution >= 4 is 34.1 Å². The van der Waals surface area contributed by atoms with Gasteiger partial charge in [0.05, 0.1) is 11.4 Å². The Morgan fingerprint density at radius 1 is 0.889 bits per heavy atom. The van der Waals surface area contributed by atoms with Crippen molar-refractivity contribution in [3.8, 4) is 11.4 Å². The summed E-state index contributed by atoms with van der Waals surface area (Å²) in [4.78, 5) is 12.4. The molecule has 0 saturated carbocycles. The van der Waals surface area contributed by atoms with Gasteiger partial charge in [-0.05, 0) is 47.2 Å². The molecule has 0 aliphatic rings. The normalized spacial score (nSPS) is 10.9. The average molecular weight is 503 g/mol. The maximum absolute atomic E-state index is 13.9. The number of hydrogen-bond donors (Lipinski definition) is 1. The molecule has 0 atom stereocenters. The lowest BCUT2D eigenvalue weighted by Gasteiger charge is -2.12. The van der Waals surface area contributed by atoms with Gasteiger partial charge in [0.25, 0.3) is 0 Å². The van der Waals surface area contributed by atoms with Crippen molar-refractivity contribution in [2.24, 2.45) is 0 Å². The standard InChI is InChI=1S/C27H20F2N4O2S/c28-20-11-13-24(23(29)15-20)30-26(34)17-36-27-32-31-25(33(27)21-8-2-1-3-9-21)16-35-22-12-10-18-6-4-5-7-19(18)14-22/h1-15H,16-17H2,(H,30,34). The van der Waals surface area contributed by atoms with Gasteiger partial charge in [0, 0.05) is 11.8 Å². The van der Waals surface area contributed by atoms with Crippen LogP contribution in [0.3, 0.4) is 0 Å². The Morgan fingerprint density at radius 3 is 2.47 bits per heavy atom. The Morgan fingerprint density at radius 2 is 1.67 bits per heavy atom. The third-order valence-electron chi connectivity index (χ3n) is 5.34. The van der Waals surface area contributed by atoms with E-state index in [0.717, 1.165) is 40.4 Å². The molecule has 9 heteroatoms. The number of thioether (sulfide) groups is 1. The summed E-state index contributed by atoms with van der Waals surface area (Å²) in [6.45, 7) is 0.160. The first-order chi connectivity index (χ1) is 17.6. The van der Waals surface area contributed by atoms with E-state index in [-0.39, 0.29) is 18.0 Å². The zero-order chi connectivity index (χ0) is 24.9. The van der Waals surface area contributed by atoms with Gasteiger partial charge >= 0.3 is 0 Å². The molecule has 0 aliphatic heterocycles. The second-order valence-corrected chi connectivity index (χ2v) is 8.77. The fourth-order valence-electron chi connectivity index (χ4n) is 3.64. The van der Waals surface area contributed by atoms with Crippen LogP contribution < -0.4 is 10.1 Å². The van der Waals surface area contributed by atoms with Crippen molar-refractivity contribution in [2.75, 3.05) is 11.1 Å². The van der Waals surface area contributed by atoms with E-state index in [1.54, 1.807) is 0 Å². The second kappa shape index (κ2) is 10.6. The van der Waals surface area contributed by atoms with Gasteiger partial charge in [-0.3, -0.25) is 9.36 Å². The molecular formula is C27H20F2N4O2S. The monoisotopic (exact) mass is 502 g/mol. The van der Waals surface area contributed by atoms with E-state index in [9.17, 15) is 13.6 Å². The molecule has 0 spiro atoms. The number of carbonyl (C=O) groups is 1. The van der Waals surface area contributed by atoms with Gasteiger partial charge in [-0.15, -0.1) is 10.2 Å². The van der Waals surface area contributed by atoms with Gasteiger partial charge in [-0.25, -0.2) is 8.78 Å². The number of amides is 1. The minimum Gasteiger partial charge on any atom is -0.486 e. The number of fused-ring (bicyclic) bond motifs is 1. The first-order valence-electron chi connectivity index (χ1n) is 11.1. The predicted octanol–water partition coefficient (Wildman–Crippen LogP) is 6.01. The van der Waals surface area contributed by atoms with E-state index in [1.807, 2.05) is 77.4 Å². The van der Waals surface area contributed by atoms with Crippen molar-refractivity contribution in [1.29, 1.82) is 0 Å². The highest BCUT2D eigenvalue weighted by atomic mass is 32.2. The number of hydrogen-bond acceptors (Lipinski definition) is 5. The highest BCUT2D eigenvalue weighted by molar-refractivity contribution is 7.99. The summed E-state index contributed by atoms with van der Waals surface area (Å²) in [7, 11) is 0. The molecule has 1 amide bonds. The number of rotatable bonds is 8. The molecule has 5 rings (SSSR count). The maximum atomic E-state index is 13.9. The molecule has 0 saturated heterocycles. The molecule has 0 unspecified atom stereocenters. The van der Waals surface area contributed by atoms with Crippen molar-refractivity contribution in [3.05, 3.63) is 108 Å². The number of para-hydroxylation sites is 1. The Bertz CT molecular complexity index is 1530. The molecule has 1 heterocycles. The van der Waals surface area contributed by atoms with Crippen LogP contribution in [0.15, 0.2) is 96.2 Å². The van der Waals surface area contributed by atoms with E-state index >= 15 is 0 Å². The van der Waals surface area contributed by atoms with Gasteiger partial charge in [-0.2, -0.15) is 0 Å². The predicted molar refractivity (Wildman–Crippen MR) is 135 cm³/mol. The van der Waals surface area contributed by atoms with E-state index in [2.05, 4.69) is 15.5 Å². The summed E-state index contributed by atoms with van der Waals surface area (Å²) in [5, 5.41) is 13.7. The van der Waals surface area contributed by atoms with Crippen LogP contribution in [0, 0.1) is 11.6 Å². The quantitative estimate of drug-likeness (QED) is 0.263. The zero-order valence-electron chi connectivity index (χ0n) is 18.9. The van der Waals surface area contributed by atoms with Crippen LogP contribution >= 0.6 is 11.8 Å². The van der Waals surface area contributed by atoms with Crippen LogP contribution in [0.1, 0.15) is 5.82 Å². The summed E-state index contributed by atoms with van der Waals surface area (Å²) in [5.41, 5.74) is 0.725. The largest absolute Gasteiger partial charge is 0.486 e. The fourth-order valence-corrected chi connectivity index (χ4v) is 4.41. The molecule has 5 aromatic rings. The van der Waals surface area contributed by atoms with Crippen molar-refractivity contribution in [1.82, 2.24) is 14.8 Å². The summed E-state index contributed by atoms with van der Waals surface area (Å²) >= 11 is 1.15. The average Bonchev–Trinajstić information content (AvgIpc) is 3.31. The van der Waals surface area contributed by atoms with Crippen LogP contribution in [0.5, 0.6) is 5.75 Å². The number of aromatic nitrogens is 3. The number of ether oxygens (including phenoxy) is 1. The van der Waals surface area contributed by atoms with Crippen molar-refractivity contribution < 1.29 is 18.3 Å².